The fraction of sp³-hybridized carbons (Fsp3) is 0.250. The first kappa shape index (κ1) is 24.8. The van der Waals surface area contributed by atoms with E-state index in [9.17, 15) is 15.3 Å². The van der Waals surface area contributed by atoms with Crippen LogP contribution in [0.15, 0.2) is 63.5 Å². The summed E-state index contributed by atoms with van der Waals surface area (Å²) in [5.41, 5.74) is 8.19. The molecule has 37 heavy (non-hydrogen) atoms. The van der Waals surface area contributed by atoms with Gasteiger partial charge in [0.1, 0.15) is 12.1 Å². The van der Waals surface area contributed by atoms with E-state index in [0.29, 0.717) is 23.8 Å². The number of aromatic nitrogens is 3. The van der Waals surface area contributed by atoms with Crippen LogP contribution in [0.3, 0.4) is 0 Å². The van der Waals surface area contributed by atoms with E-state index in [-0.39, 0.29) is 31.8 Å². The molecule has 2 aromatic heterocycles. The molecule has 0 aliphatic rings. The van der Waals surface area contributed by atoms with Gasteiger partial charge in [0.15, 0.2) is 5.58 Å². The van der Waals surface area contributed by atoms with E-state index in [2.05, 4.69) is 27.6 Å². The molecule has 0 unspecified atom stereocenters. The van der Waals surface area contributed by atoms with Crippen LogP contribution in [0.25, 0.3) is 45.1 Å². The quantitative estimate of drug-likeness (QED) is 0.238. The summed E-state index contributed by atoms with van der Waals surface area (Å²) in [6.07, 6.45) is 0. The molecule has 5 aromatic rings. The number of hydrogen-bond acceptors (Lipinski definition) is 9. The third-order valence-corrected chi connectivity index (χ3v) is 6.52. The van der Waals surface area contributed by atoms with Crippen molar-refractivity contribution in [1.29, 1.82) is 0 Å². The average molecular weight is 501 g/mol. The number of aliphatic hydroxyl groups excluding tert-OH is 3. The summed E-state index contributed by atoms with van der Waals surface area (Å²) in [6.45, 7) is 3.98. The Hall–Kier alpha value is -3.89. The Bertz CT molecular complexity index is 1540. The van der Waals surface area contributed by atoms with Crippen LogP contribution in [0, 0.1) is 13.8 Å². The summed E-state index contributed by atoms with van der Waals surface area (Å²) in [5, 5.41) is 34.9. The zero-order chi connectivity index (χ0) is 25.9. The molecule has 4 N–H and O–H groups in total. The summed E-state index contributed by atoms with van der Waals surface area (Å²) in [6, 6.07) is 17.4. The normalized spacial score (nSPS) is 11.6. The fourth-order valence-corrected chi connectivity index (χ4v) is 4.40. The molecule has 0 amide bonds. The van der Waals surface area contributed by atoms with E-state index in [1.807, 2.05) is 56.3 Å². The molecule has 9 heteroatoms. The SMILES string of the molecule is Cc1c(-c2noc(CO)n2)cccc1-c1cccc(-c2nc3cc(CNC(CO)CO)ccc3o2)c1C. The molecule has 0 radical (unpaired) electrons. The smallest absolute Gasteiger partial charge is 0.252 e. The van der Waals surface area contributed by atoms with Gasteiger partial charge in [-0.25, -0.2) is 4.98 Å². The number of rotatable bonds is 9. The summed E-state index contributed by atoms with van der Waals surface area (Å²) >= 11 is 0. The van der Waals surface area contributed by atoms with Crippen LogP contribution in [-0.2, 0) is 13.2 Å². The van der Waals surface area contributed by atoms with Crippen LogP contribution in [-0.4, -0.2) is 49.7 Å². The maximum Gasteiger partial charge on any atom is 0.252 e. The van der Waals surface area contributed by atoms with Crippen LogP contribution in [0.1, 0.15) is 22.6 Å². The lowest BCUT2D eigenvalue weighted by atomic mass is 9.91. The van der Waals surface area contributed by atoms with Crippen molar-refractivity contribution < 1.29 is 24.3 Å². The molecular formula is C28H28N4O5. The summed E-state index contributed by atoms with van der Waals surface area (Å²) < 4.78 is 11.2. The van der Waals surface area contributed by atoms with Crippen molar-refractivity contribution >= 4 is 11.1 Å². The van der Waals surface area contributed by atoms with Crippen molar-refractivity contribution in [2.24, 2.45) is 0 Å². The number of benzene rings is 3. The monoisotopic (exact) mass is 500 g/mol. The number of aliphatic hydroxyl groups is 3. The molecule has 3 aromatic carbocycles. The number of nitrogens with one attached hydrogen (secondary N) is 1. The number of fused-ring (bicyclic) bond motifs is 1. The van der Waals surface area contributed by atoms with Crippen molar-refractivity contribution in [1.82, 2.24) is 20.4 Å². The van der Waals surface area contributed by atoms with Gasteiger partial charge >= 0.3 is 0 Å². The average Bonchev–Trinajstić information content (AvgIpc) is 3.57. The van der Waals surface area contributed by atoms with Gasteiger partial charge < -0.3 is 29.6 Å². The van der Waals surface area contributed by atoms with Gasteiger partial charge in [0, 0.05) is 17.7 Å². The molecule has 0 aliphatic heterocycles. The second-order valence-corrected chi connectivity index (χ2v) is 8.89. The van der Waals surface area contributed by atoms with Crippen molar-refractivity contribution in [2.75, 3.05) is 13.2 Å². The first-order chi connectivity index (χ1) is 18.0. The van der Waals surface area contributed by atoms with Gasteiger partial charge in [-0.05, 0) is 59.9 Å². The van der Waals surface area contributed by atoms with Crippen LogP contribution < -0.4 is 5.32 Å². The Morgan fingerprint density at radius 1 is 0.838 bits per heavy atom. The highest BCUT2D eigenvalue weighted by atomic mass is 16.5. The second kappa shape index (κ2) is 10.6. The van der Waals surface area contributed by atoms with Crippen LogP contribution >= 0.6 is 0 Å². The van der Waals surface area contributed by atoms with Crippen LogP contribution in [0.2, 0.25) is 0 Å². The molecule has 0 atom stereocenters. The zero-order valence-corrected chi connectivity index (χ0v) is 20.6. The highest BCUT2D eigenvalue weighted by molar-refractivity contribution is 5.83. The number of nitrogens with zero attached hydrogens (tertiary/aromatic N) is 3. The lowest BCUT2D eigenvalue weighted by Crippen LogP contribution is -2.35. The largest absolute Gasteiger partial charge is 0.436 e. The van der Waals surface area contributed by atoms with E-state index in [4.69, 9.17) is 13.9 Å². The van der Waals surface area contributed by atoms with Crippen LogP contribution in [0.5, 0.6) is 0 Å². The molecule has 5 rings (SSSR count). The fourth-order valence-electron chi connectivity index (χ4n) is 4.40. The predicted octanol–water partition coefficient (Wildman–Crippen LogP) is 3.76. The van der Waals surface area contributed by atoms with Crippen LogP contribution in [0.4, 0.5) is 0 Å². The van der Waals surface area contributed by atoms with Gasteiger partial charge in [-0.3, -0.25) is 0 Å². The van der Waals surface area contributed by atoms with E-state index < -0.39 is 0 Å². The minimum absolute atomic E-state index is 0.135. The molecule has 0 spiro atoms. The van der Waals surface area contributed by atoms with Crippen molar-refractivity contribution in [3.8, 4) is 34.0 Å². The van der Waals surface area contributed by atoms with Gasteiger partial charge in [-0.1, -0.05) is 41.6 Å². The molecular weight excluding hydrogens is 472 g/mol. The Morgan fingerprint density at radius 2 is 1.51 bits per heavy atom. The Morgan fingerprint density at radius 3 is 2.19 bits per heavy atom. The number of oxazole rings is 1. The van der Waals surface area contributed by atoms with Crippen molar-refractivity contribution in [2.45, 2.75) is 33.0 Å². The van der Waals surface area contributed by atoms with Gasteiger partial charge in [0.25, 0.3) is 5.89 Å². The highest BCUT2D eigenvalue weighted by Crippen LogP contribution is 2.36. The van der Waals surface area contributed by atoms with E-state index in [0.717, 1.165) is 44.5 Å². The molecule has 0 fully saturated rings. The third-order valence-electron chi connectivity index (χ3n) is 6.52. The topological polar surface area (TPSA) is 138 Å². The summed E-state index contributed by atoms with van der Waals surface area (Å²) in [7, 11) is 0. The predicted molar refractivity (Wildman–Crippen MR) is 138 cm³/mol. The first-order valence-corrected chi connectivity index (χ1v) is 12.0. The summed E-state index contributed by atoms with van der Waals surface area (Å²) in [5.74, 6) is 1.14. The highest BCUT2D eigenvalue weighted by Gasteiger charge is 2.18. The minimum atomic E-state index is -0.368. The standard InChI is InChI=1S/C28H28N4O5/c1-16-20(5-3-7-22(16)27-31-26(15-35)37-32-27)21-6-4-8-23(17(21)2)28-30-24-11-18(9-10-25(24)36-28)12-29-19(13-33)14-34/h3-11,19,29,33-35H,12-15H2,1-2H3. The molecule has 0 bridgehead atoms. The molecule has 9 nitrogen and oxygen atoms in total. The molecule has 190 valence electrons. The third kappa shape index (κ3) is 4.90. The van der Waals surface area contributed by atoms with Gasteiger partial charge in [0.05, 0.1) is 19.3 Å². The Balaban J connectivity index is 1.48. The van der Waals surface area contributed by atoms with E-state index in [1.165, 1.54) is 0 Å². The maximum absolute atomic E-state index is 9.28. The lowest BCUT2D eigenvalue weighted by Gasteiger charge is -2.13. The van der Waals surface area contributed by atoms with Gasteiger partial charge in [-0.15, -0.1) is 0 Å². The maximum atomic E-state index is 9.28. The zero-order valence-electron chi connectivity index (χ0n) is 20.6. The second-order valence-electron chi connectivity index (χ2n) is 8.89. The molecule has 0 saturated heterocycles. The lowest BCUT2D eigenvalue weighted by molar-refractivity contribution is 0.170. The minimum Gasteiger partial charge on any atom is -0.436 e. The Kier molecular flexibility index (Phi) is 7.11. The first-order valence-electron chi connectivity index (χ1n) is 12.0. The van der Waals surface area contributed by atoms with Crippen molar-refractivity contribution in [3.05, 3.63) is 77.2 Å². The Labute approximate surface area is 213 Å². The molecule has 0 aliphatic carbocycles. The van der Waals surface area contributed by atoms with E-state index >= 15 is 0 Å². The van der Waals surface area contributed by atoms with Crippen molar-refractivity contribution in [3.63, 3.8) is 0 Å². The van der Waals surface area contributed by atoms with Gasteiger partial charge in [0.2, 0.25) is 11.7 Å². The molecule has 2 heterocycles. The van der Waals surface area contributed by atoms with E-state index in [1.54, 1.807) is 0 Å². The van der Waals surface area contributed by atoms with Gasteiger partial charge in [-0.2, -0.15) is 4.98 Å². The summed E-state index contributed by atoms with van der Waals surface area (Å²) in [4.78, 5) is 9.02. The molecule has 0 saturated carbocycles. The number of hydrogen-bond donors (Lipinski definition) is 4.